The lowest BCUT2D eigenvalue weighted by Gasteiger charge is -2.12. The molecule has 6 nitrogen and oxygen atoms in total. The number of nitrogens with zero attached hydrogens (tertiary/aromatic N) is 1. The zero-order chi connectivity index (χ0) is 18.8. The van der Waals surface area contributed by atoms with Crippen molar-refractivity contribution in [3.05, 3.63) is 65.4 Å². The van der Waals surface area contributed by atoms with Crippen LogP contribution in [0.5, 0.6) is 5.75 Å². The molecule has 1 aromatic heterocycles. The largest absolute Gasteiger partial charge is 0.453 e. The third-order valence-corrected chi connectivity index (χ3v) is 4.62. The molecule has 6 heteroatoms. The number of rotatable bonds is 3. The molecule has 0 fully saturated rings. The highest BCUT2D eigenvalue weighted by Gasteiger charge is 2.25. The van der Waals surface area contributed by atoms with Crippen LogP contribution in [0.3, 0.4) is 0 Å². The third-order valence-electron chi connectivity index (χ3n) is 4.62. The van der Waals surface area contributed by atoms with Gasteiger partial charge in [-0.15, -0.1) is 0 Å². The minimum absolute atomic E-state index is 0.388. The maximum absolute atomic E-state index is 13.0. The Hall–Kier alpha value is -3.41. The SMILES string of the molecule is COC(=O)Nc1ccc(OC(=O)c2c3c(nc4ccccc24)CCC3)cc1. The van der Waals surface area contributed by atoms with Crippen LogP contribution < -0.4 is 10.1 Å². The van der Waals surface area contributed by atoms with Crippen molar-refractivity contribution in [2.45, 2.75) is 19.3 Å². The molecule has 0 radical (unpaired) electrons. The number of aromatic nitrogens is 1. The molecule has 0 bridgehead atoms. The maximum atomic E-state index is 13.0. The van der Waals surface area contributed by atoms with Crippen LogP contribution in [0.25, 0.3) is 10.9 Å². The van der Waals surface area contributed by atoms with Crippen molar-refractivity contribution in [1.82, 2.24) is 4.98 Å². The number of anilines is 1. The molecular formula is C21H18N2O4. The number of benzene rings is 2. The van der Waals surface area contributed by atoms with Crippen molar-refractivity contribution >= 4 is 28.7 Å². The average molecular weight is 362 g/mol. The second-order valence-corrected chi connectivity index (χ2v) is 6.31. The topological polar surface area (TPSA) is 77.5 Å². The van der Waals surface area contributed by atoms with Crippen molar-refractivity contribution in [3.63, 3.8) is 0 Å². The standard InChI is InChI=1S/C21H18N2O4/c1-26-21(25)22-13-9-11-14(12-10-13)27-20(24)19-15-5-2-3-7-17(15)23-18-8-4-6-16(18)19/h2-3,5,7,9-12H,4,6,8H2,1H3,(H,22,25). The summed E-state index contributed by atoms with van der Waals surface area (Å²) in [4.78, 5) is 28.9. The molecule has 1 aliphatic rings. The minimum atomic E-state index is -0.557. The number of aryl methyl sites for hydroxylation is 1. The van der Waals surface area contributed by atoms with Gasteiger partial charge in [-0.05, 0) is 55.2 Å². The van der Waals surface area contributed by atoms with E-state index < -0.39 is 6.09 Å². The van der Waals surface area contributed by atoms with E-state index in [1.165, 1.54) is 7.11 Å². The molecule has 1 N–H and O–H groups in total. The van der Waals surface area contributed by atoms with Crippen molar-refractivity contribution in [3.8, 4) is 5.75 Å². The number of carbonyl (C=O) groups is 2. The van der Waals surface area contributed by atoms with Gasteiger partial charge in [0.25, 0.3) is 0 Å². The summed E-state index contributed by atoms with van der Waals surface area (Å²) in [5.41, 5.74) is 3.94. The van der Waals surface area contributed by atoms with Gasteiger partial charge in [0, 0.05) is 16.8 Å². The summed E-state index contributed by atoms with van der Waals surface area (Å²) in [6.45, 7) is 0. The molecule has 0 aliphatic heterocycles. The summed E-state index contributed by atoms with van der Waals surface area (Å²) in [7, 11) is 1.29. The van der Waals surface area contributed by atoms with E-state index in [2.05, 4.69) is 10.1 Å². The van der Waals surface area contributed by atoms with E-state index in [-0.39, 0.29) is 5.97 Å². The quantitative estimate of drug-likeness (QED) is 0.560. The normalized spacial score (nSPS) is 12.5. The van der Waals surface area contributed by atoms with Gasteiger partial charge >= 0.3 is 12.1 Å². The summed E-state index contributed by atoms with van der Waals surface area (Å²) in [6.07, 6.45) is 2.15. The lowest BCUT2D eigenvalue weighted by Crippen LogP contribution is -2.13. The van der Waals surface area contributed by atoms with E-state index in [1.54, 1.807) is 24.3 Å². The van der Waals surface area contributed by atoms with Gasteiger partial charge in [-0.25, -0.2) is 9.59 Å². The van der Waals surface area contributed by atoms with Gasteiger partial charge in [0.15, 0.2) is 0 Å². The zero-order valence-electron chi connectivity index (χ0n) is 14.8. The number of nitrogens with one attached hydrogen (secondary N) is 1. The molecule has 1 amide bonds. The summed E-state index contributed by atoms with van der Waals surface area (Å²) >= 11 is 0. The molecule has 2 aromatic carbocycles. The molecule has 0 atom stereocenters. The van der Waals surface area contributed by atoms with Crippen molar-refractivity contribution in [1.29, 1.82) is 0 Å². The van der Waals surface area contributed by atoms with Crippen LogP contribution in [-0.4, -0.2) is 24.2 Å². The van der Waals surface area contributed by atoms with E-state index in [0.717, 1.165) is 41.4 Å². The highest BCUT2D eigenvalue weighted by molar-refractivity contribution is 6.06. The van der Waals surface area contributed by atoms with Crippen LogP contribution in [0.2, 0.25) is 0 Å². The van der Waals surface area contributed by atoms with Crippen LogP contribution in [0.1, 0.15) is 28.0 Å². The number of amides is 1. The first-order valence-corrected chi connectivity index (χ1v) is 8.73. The molecule has 1 aliphatic carbocycles. The van der Waals surface area contributed by atoms with Crippen molar-refractivity contribution in [2.24, 2.45) is 0 Å². The van der Waals surface area contributed by atoms with Crippen molar-refractivity contribution in [2.75, 3.05) is 12.4 Å². The van der Waals surface area contributed by atoms with Crippen LogP contribution in [0.15, 0.2) is 48.5 Å². The van der Waals surface area contributed by atoms with Gasteiger partial charge < -0.3 is 9.47 Å². The fourth-order valence-electron chi connectivity index (χ4n) is 3.38. The Morgan fingerprint density at radius 1 is 1.04 bits per heavy atom. The molecule has 0 spiro atoms. The summed E-state index contributed by atoms with van der Waals surface area (Å²) in [6, 6.07) is 14.2. The predicted molar refractivity (Wildman–Crippen MR) is 101 cm³/mol. The number of fused-ring (bicyclic) bond motifs is 2. The Balaban J connectivity index is 1.63. The van der Waals surface area contributed by atoms with E-state index in [0.29, 0.717) is 17.0 Å². The summed E-state index contributed by atoms with van der Waals surface area (Å²) < 4.78 is 10.2. The van der Waals surface area contributed by atoms with Crippen LogP contribution in [-0.2, 0) is 17.6 Å². The fourth-order valence-corrected chi connectivity index (χ4v) is 3.38. The van der Waals surface area contributed by atoms with E-state index in [4.69, 9.17) is 9.72 Å². The molecule has 1 heterocycles. The Morgan fingerprint density at radius 3 is 2.59 bits per heavy atom. The lowest BCUT2D eigenvalue weighted by molar-refractivity contribution is 0.0735. The van der Waals surface area contributed by atoms with Gasteiger partial charge in [-0.3, -0.25) is 10.3 Å². The first kappa shape index (κ1) is 17.0. The maximum Gasteiger partial charge on any atom is 0.411 e. The lowest BCUT2D eigenvalue weighted by atomic mass is 10.0. The monoisotopic (exact) mass is 362 g/mol. The molecule has 0 unspecified atom stereocenters. The molecule has 4 rings (SSSR count). The molecule has 0 saturated heterocycles. The number of carbonyl (C=O) groups excluding carboxylic acids is 2. The number of methoxy groups -OCH3 is 1. The van der Waals surface area contributed by atoms with Gasteiger partial charge in [-0.2, -0.15) is 0 Å². The molecule has 136 valence electrons. The average Bonchev–Trinajstić information content (AvgIpc) is 3.15. The Kier molecular flexibility index (Phi) is 4.46. The van der Waals surface area contributed by atoms with Gasteiger partial charge in [-0.1, -0.05) is 18.2 Å². The first-order valence-electron chi connectivity index (χ1n) is 8.73. The smallest absolute Gasteiger partial charge is 0.411 e. The summed E-state index contributed by atoms with van der Waals surface area (Å²) in [5.74, 6) is 0.0171. The number of ether oxygens (including phenoxy) is 2. The Morgan fingerprint density at radius 2 is 1.81 bits per heavy atom. The second kappa shape index (κ2) is 7.07. The highest BCUT2D eigenvalue weighted by Crippen LogP contribution is 2.31. The van der Waals surface area contributed by atoms with Crippen LogP contribution >= 0.6 is 0 Å². The number of hydrogen-bond donors (Lipinski definition) is 1. The van der Waals surface area contributed by atoms with E-state index in [1.807, 2.05) is 24.3 Å². The number of hydrogen-bond acceptors (Lipinski definition) is 5. The van der Waals surface area contributed by atoms with E-state index >= 15 is 0 Å². The first-order chi connectivity index (χ1) is 13.2. The molecule has 27 heavy (non-hydrogen) atoms. The van der Waals surface area contributed by atoms with Gasteiger partial charge in [0.1, 0.15) is 5.75 Å². The highest BCUT2D eigenvalue weighted by atomic mass is 16.5. The zero-order valence-corrected chi connectivity index (χ0v) is 14.8. The molecular weight excluding hydrogens is 344 g/mol. The van der Waals surface area contributed by atoms with Crippen LogP contribution in [0.4, 0.5) is 10.5 Å². The minimum Gasteiger partial charge on any atom is -0.453 e. The molecule has 3 aromatic rings. The fraction of sp³-hybridized carbons (Fsp3) is 0.190. The van der Waals surface area contributed by atoms with E-state index in [9.17, 15) is 9.59 Å². The number of esters is 1. The predicted octanol–water partition coefficient (Wildman–Crippen LogP) is 4.12. The van der Waals surface area contributed by atoms with Crippen LogP contribution in [0, 0.1) is 0 Å². The second-order valence-electron chi connectivity index (χ2n) is 6.31. The number of pyridine rings is 1. The van der Waals surface area contributed by atoms with Gasteiger partial charge in [0.2, 0.25) is 0 Å². The number of para-hydroxylation sites is 1. The third kappa shape index (κ3) is 3.33. The van der Waals surface area contributed by atoms with Crippen molar-refractivity contribution < 1.29 is 19.1 Å². The Bertz CT molecular complexity index is 1030. The summed E-state index contributed by atoms with van der Waals surface area (Å²) in [5, 5.41) is 3.36. The Labute approximate surface area is 156 Å². The van der Waals surface area contributed by atoms with Gasteiger partial charge in [0.05, 0.1) is 18.2 Å². The molecule has 0 saturated carbocycles.